The summed E-state index contributed by atoms with van der Waals surface area (Å²) in [6, 6.07) is 4.13. The second-order valence-corrected chi connectivity index (χ2v) is 6.22. The van der Waals surface area contributed by atoms with Crippen molar-refractivity contribution in [3.8, 4) is 0 Å². The number of halogens is 2. The van der Waals surface area contributed by atoms with Gasteiger partial charge in [-0.25, -0.2) is 0 Å². The average Bonchev–Trinajstić information content (AvgIpc) is 2.54. The number of hydrogen-bond donors (Lipinski definition) is 0. The molecule has 1 unspecified atom stereocenters. The van der Waals surface area contributed by atoms with E-state index >= 15 is 0 Å². The molecule has 0 fully saturated rings. The first-order chi connectivity index (χ1) is 7.25. The van der Waals surface area contributed by atoms with Gasteiger partial charge in [-0.15, -0.1) is 11.8 Å². The van der Waals surface area contributed by atoms with Gasteiger partial charge in [0.25, 0.3) is 0 Å². The Kier molecular flexibility index (Phi) is 2.46. The van der Waals surface area contributed by atoms with E-state index in [1.54, 1.807) is 0 Å². The average molecular weight is 300 g/mol. The van der Waals surface area contributed by atoms with Crippen molar-refractivity contribution < 1.29 is 0 Å². The summed E-state index contributed by atoms with van der Waals surface area (Å²) in [6.07, 6.45) is 7.64. The van der Waals surface area contributed by atoms with E-state index in [2.05, 4.69) is 40.2 Å². The fourth-order valence-corrected chi connectivity index (χ4v) is 4.54. The Morgan fingerprint density at radius 2 is 2.27 bits per heavy atom. The van der Waals surface area contributed by atoms with E-state index in [4.69, 9.17) is 11.6 Å². The molecule has 0 N–H and O–H groups in total. The SMILES string of the molecule is Clc1cc(Br)cc2c1C1=CC=CCC1S2. The first-order valence-electron chi connectivity index (χ1n) is 4.78. The first kappa shape index (κ1) is 10.0. The van der Waals surface area contributed by atoms with Crippen LogP contribution in [-0.2, 0) is 0 Å². The van der Waals surface area contributed by atoms with Crippen LogP contribution < -0.4 is 0 Å². The predicted octanol–water partition coefficient (Wildman–Crippen LogP) is 4.92. The molecule has 1 atom stereocenters. The number of fused-ring (bicyclic) bond motifs is 3. The van der Waals surface area contributed by atoms with Gasteiger partial charge in [0.1, 0.15) is 0 Å². The predicted molar refractivity (Wildman–Crippen MR) is 70.5 cm³/mol. The monoisotopic (exact) mass is 298 g/mol. The quantitative estimate of drug-likeness (QED) is 0.655. The molecule has 0 saturated heterocycles. The molecule has 3 rings (SSSR count). The fourth-order valence-electron chi connectivity index (χ4n) is 2.04. The van der Waals surface area contributed by atoms with Gasteiger partial charge in [-0.1, -0.05) is 45.8 Å². The van der Waals surface area contributed by atoms with Crippen LogP contribution in [0, 0.1) is 0 Å². The number of thioether (sulfide) groups is 1. The van der Waals surface area contributed by atoms with Gasteiger partial charge in [0, 0.05) is 20.2 Å². The molecule has 0 spiro atoms. The molecule has 0 nitrogen and oxygen atoms in total. The Labute approximate surface area is 107 Å². The van der Waals surface area contributed by atoms with Crippen LogP contribution in [0.1, 0.15) is 12.0 Å². The van der Waals surface area contributed by atoms with Crippen LogP contribution >= 0.6 is 39.3 Å². The van der Waals surface area contributed by atoms with Crippen molar-refractivity contribution in [1.82, 2.24) is 0 Å². The lowest BCUT2D eigenvalue weighted by molar-refractivity contribution is 1.09. The molecule has 0 bridgehead atoms. The van der Waals surface area contributed by atoms with Crippen molar-refractivity contribution in [3.05, 3.63) is 45.4 Å². The summed E-state index contributed by atoms with van der Waals surface area (Å²) in [5.41, 5.74) is 2.62. The second kappa shape index (κ2) is 3.69. The molecule has 0 aromatic heterocycles. The highest BCUT2D eigenvalue weighted by Crippen LogP contribution is 2.51. The zero-order chi connectivity index (χ0) is 10.4. The molecule has 3 heteroatoms. The maximum Gasteiger partial charge on any atom is 0.0504 e. The normalized spacial score (nSPS) is 22.3. The molecular weight excluding hydrogens is 292 g/mol. The largest absolute Gasteiger partial charge is 0.117 e. The molecule has 1 aromatic carbocycles. The van der Waals surface area contributed by atoms with Crippen LogP contribution in [0.2, 0.25) is 5.02 Å². The first-order valence-corrected chi connectivity index (χ1v) is 6.83. The summed E-state index contributed by atoms with van der Waals surface area (Å²) in [5, 5.41) is 1.42. The standard InChI is InChI=1S/C12H8BrClS/c13-7-5-9(14)12-8-3-1-2-4-10(8)15-11(12)6-7/h1-3,5-6,10H,4H2. The fraction of sp³-hybridized carbons (Fsp3) is 0.167. The lowest BCUT2D eigenvalue weighted by Crippen LogP contribution is -2.00. The maximum atomic E-state index is 6.29. The van der Waals surface area contributed by atoms with Gasteiger partial charge in [-0.2, -0.15) is 0 Å². The highest BCUT2D eigenvalue weighted by molar-refractivity contribution is 9.10. The van der Waals surface area contributed by atoms with Gasteiger partial charge in [0.2, 0.25) is 0 Å². The molecule has 0 amide bonds. The van der Waals surface area contributed by atoms with E-state index in [1.165, 1.54) is 16.0 Å². The van der Waals surface area contributed by atoms with Gasteiger partial charge >= 0.3 is 0 Å². The van der Waals surface area contributed by atoms with E-state index in [9.17, 15) is 0 Å². The van der Waals surface area contributed by atoms with Crippen LogP contribution in [-0.4, -0.2) is 5.25 Å². The summed E-state index contributed by atoms with van der Waals surface area (Å²) >= 11 is 11.7. The van der Waals surface area contributed by atoms with Gasteiger partial charge < -0.3 is 0 Å². The molecular formula is C12H8BrClS. The van der Waals surface area contributed by atoms with Crippen molar-refractivity contribution in [2.75, 3.05) is 0 Å². The van der Waals surface area contributed by atoms with Crippen molar-refractivity contribution in [1.29, 1.82) is 0 Å². The second-order valence-electron chi connectivity index (χ2n) is 3.65. The minimum Gasteiger partial charge on any atom is -0.117 e. The Hall–Kier alpha value is -0.180. The van der Waals surface area contributed by atoms with Crippen LogP contribution in [0.25, 0.3) is 5.57 Å². The minimum atomic E-state index is 0.566. The topological polar surface area (TPSA) is 0 Å². The third kappa shape index (κ3) is 1.59. The number of rotatable bonds is 0. The van der Waals surface area contributed by atoms with Crippen LogP contribution in [0.3, 0.4) is 0 Å². The van der Waals surface area contributed by atoms with Crippen LogP contribution in [0.15, 0.2) is 39.7 Å². The van der Waals surface area contributed by atoms with E-state index in [-0.39, 0.29) is 0 Å². The van der Waals surface area contributed by atoms with Crippen molar-refractivity contribution in [3.63, 3.8) is 0 Å². The summed E-state index contributed by atoms with van der Waals surface area (Å²) in [6.45, 7) is 0. The third-order valence-corrected chi connectivity index (χ3v) is 4.75. The molecule has 0 radical (unpaired) electrons. The molecule has 1 aliphatic heterocycles. The number of hydrogen-bond acceptors (Lipinski definition) is 1. The van der Waals surface area contributed by atoms with Crippen LogP contribution in [0.5, 0.6) is 0 Å². The minimum absolute atomic E-state index is 0.566. The van der Waals surface area contributed by atoms with Crippen molar-refractivity contribution in [2.45, 2.75) is 16.6 Å². The van der Waals surface area contributed by atoms with Crippen molar-refractivity contribution in [2.24, 2.45) is 0 Å². The highest BCUT2D eigenvalue weighted by Gasteiger charge is 2.29. The zero-order valence-corrected chi connectivity index (χ0v) is 11.0. The Balaban J connectivity index is 2.22. The molecule has 1 heterocycles. The Bertz CT molecular complexity index is 491. The zero-order valence-electron chi connectivity index (χ0n) is 7.84. The highest BCUT2D eigenvalue weighted by atomic mass is 79.9. The number of benzene rings is 1. The summed E-state index contributed by atoms with van der Waals surface area (Å²) in [5.74, 6) is 0. The third-order valence-electron chi connectivity index (χ3n) is 2.69. The molecule has 2 aliphatic rings. The van der Waals surface area contributed by atoms with E-state index in [1.807, 2.05) is 17.8 Å². The molecule has 15 heavy (non-hydrogen) atoms. The van der Waals surface area contributed by atoms with E-state index in [0.29, 0.717) is 5.25 Å². The van der Waals surface area contributed by atoms with Gasteiger partial charge in [0.15, 0.2) is 0 Å². The summed E-state index contributed by atoms with van der Waals surface area (Å²) in [4.78, 5) is 1.30. The van der Waals surface area contributed by atoms with Gasteiger partial charge in [0.05, 0.1) is 5.02 Å². The van der Waals surface area contributed by atoms with Gasteiger partial charge in [-0.05, 0) is 24.1 Å². The lowest BCUT2D eigenvalue weighted by Gasteiger charge is -2.12. The van der Waals surface area contributed by atoms with Gasteiger partial charge in [-0.3, -0.25) is 0 Å². The number of allylic oxidation sites excluding steroid dienone is 3. The Morgan fingerprint density at radius 3 is 3.13 bits per heavy atom. The van der Waals surface area contributed by atoms with E-state index in [0.717, 1.165) is 15.9 Å². The smallest absolute Gasteiger partial charge is 0.0504 e. The maximum absolute atomic E-state index is 6.29. The Morgan fingerprint density at radius 1 is 1.40 bits per heavy atom. The summed E-state index contributed by atoms with van der Waals surface area (Å²) < 4.78 is 1.06. The lowest BCUT2D eigenvalue weighted by atomic mass is 9.97. The molecule has 1 aliphatic carbocycles. The molecule has 1 aromatic rings. The molecule has 76 valence electrons. The van der Waals surface area contributed by atoms with E-state index < -0.39 is 0 Å². The molecule has 0 saturated carbocycles. The van der Waals surface area contributed by atoms with Crippen molar-refractivity contribution >= 4 is 44.9 Å². The summed E-state index contributed by atoms with van der Waals surface area (Å²) in [7, 11) is 0. The van der Waals surface area contributed by atoms with Crippen LogP contribution in [0.4, 0.5) is 0 Å².